The third kappa shape index (κ3) is 5.84. The Morgan fingerprint density at radius 3 is 2.57 bits per heavy atom. The third-order valence-corrected chi connectivity index (χ3v) is 4.72. The van der Waals surface area contributed by atoms with Crippen LogP contribution in [0, 0.1) is 25.2 Å². The summed E-state index contributed by atoms with van der Waals surface area (Å²) in [7, 11) is 2.71. The van der Waals surface area contributed by atoms with E-state index in [4.69, 9.17) is 9.47 Å². The van der Waals surface area contributed by atoms with Gasteiger partial charge in [0.15, 0.2) is 18.1 Å². The van der Waals surface area contributed by atoms with E-state index in [1.807, 2.05) is 38.1 Å². The molecule has 2 rings (SSSR count). The molecular formula is C22H21BrN2O5. The zero-order chi connectivity index (χ0) is 22.3. The molecule has 1 amide bonds. The van der Waals surface area contributed by atoms with Crippen LogP contribution in [0.3, 0.4) is 0 Å². The number of carbonyl (C=O) groups is 2. The van der Waals surface area contributed by atoms with E-state index < -0.39 is 11.9 Å². The Labute approximate surface area is 183 Å². The molecule has 0 aromatic heterocycles. The van der Waals surface area contributed by atoms with Crippen LogP contribution in [0.5, 0.6) is 11.5 Å². The van der Waals surface area contributed by atoms with Gasteiger partial charge in [0, 0.05) is 5.69 Å². The highest BCUT2D eigenvalue weighted by Gasteiger charge is 2.16. The first-order valence-corrected chi connectivity index (χ1v) is 9.66. The molecule has 0 saturated carbocycles. The minimum absolute atomic E-state index is 0.0758. The number of carbonyl (C=O) groups excluding carboxylic acids is 2. The lowest BCUT2D eigenvalue weighted by Crippen LogP contribution is -2.14. The van der Waals surface area contributed by atoms with Gasteiger partial charge in [0.2, 0.25) is 0 Å². The second-order valence-electron chi connectivity index (χ2n) is 6.34. The number of amides is 1. The number of methoxy groups -OCH3 is 2. The molecular weight excluding hydrogens is 452 g/mol. The summed E-state index contributed by atoms with van der Waals surface area (Å²) in [6.45, 7) is 3.51. The molecule has 0 aliphatic rings. The molecule has 0 spiro atoms. The number of nitrogens with one attached hydrogen (secondary N) is 1. The van der Waals surface area contributed by atoms with Gasteiger partial charge in [0.25, 0.3) is 5.91 Å². The third-order valence-electron chi connectivity index (χ3n) is 4.13. The normalized spacial score (nSPS) is 10.7. The van der Waals surface area contributed by atoms with Gasteiger partial charge in [-0.05, 0) is 70.7 Å². The molecule has 8 heteroatoms. The van der Waals surface area contributed by atoms with Gasteiger partial charge >= 0.3 is 5.97 Å². The van der Waals surface area contributed by atoms with E-state index in [1.165, 1.54) is 20.3 Å². The molecule has 0 bridgehead atoms. The number of ether oxygens (including phenoxy) is 3. The summed E-state index contributed by atoms with van der Waals surface area (Å²) in [5.74, 6) is -0.430. The standard InChI is InChI=1S/C22H21BrN2O5/c1-13-5-6-14(2)18(7-13)25-22(27)16(11-24)8-15-9-17(23)21(19(10-15)28-3)30-12-20(26)29-4/h5-10H,12H2,1-4H3,(H,25,27)/b16-8+. The Balaban J connectivity index is 2.31. The maximum Gasteiger partial charge on any atom is 0.343 e. The number of esters is 1. The van der Waals surface area contributed by atoms with E-state index in [0.717, 1.165) is 11.1 Å². The Hall–Kier alpha value is -3.31. The monoisotopic (exact) mass is 472 g/mol. The number of halogens is 1. The topological polar surface area (TPSA) is 97.7 Å². The summed E-state index contributed by atoms with van der Waals surface area (Å²) >= 11 is 3.36. The van der Waals surface area contributed by atoms with Crippen LogP contribution in [0.25, 0.3) is 6.08 Å². The molecule has 1 N–H and O–H groups in total. The van der Waals surface area contributed by atoms with Crippen LogP contribution in [0.2, 0.25) is 0 Å². The predicted octanol–water partition coefficient (Wildman–Crippen LogP) is 4.17. The van der Waals surface area contributed by atoms with Crippen LogP contribution in [0.4, 0.5) is 5.69 Å². The van der Waals surface area contributed by atoms with Crippen molar-refractivity contribution in [2.75, 3.05) is 26.1 Å². The van der Waals surface area contributed by atoms with Crippen molar-refractivity contribution in [3.63, 3.8) is 0 Å². The molecule has 0 aliphatic carbocycles. The van der Waals surface area contributed by atoms with Gasteiger partial charge in [0.05, 0.1) is 18.7 Å². The molecule has 0 atom stereocenters. The van der Waals surface area contributed by atoms with Gasteiger partial charge in [-0.3, -0.25) is 4.79 Å². The van der Waals surface area contributed by atoms with E-state index in [1.54, 1.807) is 12.1 Å². The zero-order valence-electron chi connectivity index (χ0n) is 17.0. The quantitative estimate of drug-likeness (QED) is 0.368. The summed E-state index contributed by atoms with van der Waals surface area (Å²) in [4.78, 5) is 23.9. The van der Waals surface area contributed by atoms with Crippen molar-refractivity contribution in [3.05, 3.63) is 57.1 Å². The lowest BCUT2D eigenvalue weighted by molar-refractivity contribution is -0.142. The minimum atomic E-state index is -0.539. The molecule has 0 saturated heterocycles. The summed E-state index contributed by atoms with van der Waals surface area (Å²) in [6, 6.07) is 10.9. The number of aryl methyl sites for hydroxylation is 2. The highest BCUT2D eigenvalue weighted by molar-refractivity contribution is 9.10. The van der Waals surface area contributed by atoms with Gasteiger partial charge in [-0.15, -0.1) is 0 Å². The maximum absolute atomic E-state index is 12.6. The van der Waals surface area contributed by atoms with Crippen LogP contribution in [-0.4, -0.2) is 32.7 Å². The Bertz CT molecular complexity index is 1040. The average Bonchev–Trinajstić information content (AvgIpc) is 2.72. The predicted molar refractivity (Wildman–Crippen MR) is 116 cm³/mol. The van der Waals surface area contributed by atoms with E-state index in [9.17, 15) is 14.9 Å². The SMILES string of the molecule is COC(=O)COc1c(Br)cc(/C=C(\C#N)C(=O)Nc2cc(C)ccc2C)cc1OC. The van der Waals surface area contributed by atoms with Gasteiger partial charge in [-0.25, -0.2) is 4.79 Å². The van der Waals surface area contributed by atoms with Crippen molar-refractivity contribution in [3.8, 4) is 17.6 Å². The second-order valence-corrected chi connectivity index (χ2v) is 7.20. The van der Waals surface area contributed by atoms with Crippen LogP contribution >= 0.6 is 15.9 Å². The van der Waals surface area contributed by atoms with Gasteiger partial charge < -0.3 is 19.5 Å². The lowest BCUT2D eigenvalue weighted by atomic mass is 10.1. The first-order valence-electron chi connectivity index (χ1n) is 8.86. The zero-order valence-corrected chi connectivity index (χ0v) is 18.6. The van der Waals surface area contributed by atoms with Crippen LogP contribution in [0.15, 0.2) is 40.4 Å². The molecule has 30 heavy (non-hydrogen) atoms. The molecule has 0 unspecified atom stereocenters. The van der Waals surface area contributed by atoms with Gasteiger partial charge in [-0.1, -0.05) is 12.1 Å². The number of anilines is 1. The Morgan fingerprint density at radius 1 is 1.20 bits per heavy atom. The maximum atomic E-state index is 12.6. The Morgan fingerprint density at radius 2 is 1.93 bits per heavy atom. The lowest BCUT2D eigenvalue weighted by Gasteiger charge is -2.13. The number of rotatable bonds is 7. The smallest absolute Gasteiger partial charge is 0.343 e. The van der Waals surface area contributed by atoms with E-state index >= 15 is 0 Å². The van der Waals surface area contributed by atoms with Crippen molar-refractivity contribution >= 4 is 39.6 Å². The summed E-state index contributed by atoms with van der Waals surface area (Å²) in [5.41, 5.74) is 2.99. The highest BCUT2D eigenvalue weighted by atomic mass is 79.9. The van der Waals surface area contributed by atoms with Crippen molar-refractivity contribution in [1.82, 2.24) is 0 Å². The molecule has 0 fully saturated rings. The first-order chi connectivity index (χ1) is 14.3. The fraction of sp³-hybridized carbons (Fsp3) is 0.227. The van der Waals surface area contributed by atoms with Gasteiger partial charge in [0.1, 0.15) is 11.6 Å². The van der Waals surface area contributed by atoms with Crippen LogP contribution in [-0.2, 0) is 14.3 Å². The number of benzene rings is 2. The largest absolute Gasteiger partial charge is 0.493 e. The molecule has 0 heterocycles. The number of nitrogens with zero attached hydrogens (tertiary/aromatic N) is 1. The van der Waals surface area contributed by atoms with Crippen molar-refractivity contribution < 1.29 is 23.8 Å². The number of hydrogen-bond donors (Lipinski definition) is 1. The molecule has 156 valence electrons. The van der Waals surface area contributed by atoms with E-state index in [2.05, 4.69) is 26.0 Å². The van der Waals surface area contributed by atoms with Crippen LogP contribution < -0.4 is 14.8 Å². The van der Waals surface area contributed by atoms with Gasteiger partial charge in [-0.2, -0.15) is 5.26 Å². The molecule has 2 aromatic rings. The number of hydrogen-bond acceptors (Lipinski definition) is 6. The average molecular weight is 473 g/mol. The fourth-order valence-corrected chi connectivity index (χ4v) is 3.10. The minimum Gasteiger partial charge on any atom is -0.493 e. The Kier molecular flexibility index (Phi) is 8.01. The highest BCUT2D eigenvalue weighted by Crippen LogP contribution is 2.37. The fourth-order valence-electron chi connectivity index (χ4n) is 2.53. The molecule has 2 aromatic carbocycles. The molecule has 0 radical (unpaired) electrons. The van der Waals surface area contributed by atoms with Crippen molar-refractivity contribution in [2.24, 2.45) is 0 Å². The van der Waals surface area contributed by atoms with E-state index in [0.29, 0.717) is 27.2 Å². The first kappa shape index (κ1) is 23.0. The summed E-state index contributed by atoms with van der Waals surface area (Å²) < 4.78 is 15.8. The second kappa shape index (κ2) is 10.5. The number of nitriles is 1. The summed E-state index contributed by atoms with van der Waals surface area (Å²) in [5, 5.41) is 12.3. The van der Waals surface area contributed by atoms with Crippen molar-refractivity contribution in [2.45, 2.75) is 13.8 Å². The molecule has 0 aliphatic heterocycles. The van der Waals surface area contributed by atoms with Crippen LogP contribution in [0.1, 0.15) is 16.7 Å². The summed E-state index contributed by atoms with van der Waals surface area (Å²) in [6.07, 6.45) is 1.44. The molecule has 7 nitrogen and oxygen atoms in total. The van der Waals surface area contributed by atoms with E-state index in [-0.39, 0.29) is 12.2 Å². The van der Waals surface area contributed by atoms with Crippen molar-refractivity contribution in [1.29, 1.82) is 5.26 Å².